The maximum Gasteiger partial charge on any atom is 0.221 e. The number of amides is 1. The van der Waals surface area contributed by atoms with Crippen molar-refractivity contribution in [2.45, 2.75) is 19.5 Å². The molecule has 1 aromatic carbocycles. The molecule has 0 radical (unpaired) electrons. The Morgan fingerprint density at radius 2 is 2.32 bits per heavy atom. The molecule has 5 nitrogen and oxygen atoms in total. The molecule has 104 valence electrons. The number of rotatable bonds is 5. The molecule has 19 heavy (non-hydrogen) atoms. The normalized spacial score (nSPS) is 19.6. The molecular formula is C14H21N3O2. The first-order chi connectivity index (χ1) is 9.13. The fourth-order valence-corrected chi connectivity index (χ4v) is 2.56. The minimum absolute atomic E-state index is 0.00720. The molecular weight excluding hydrogens is 242 g/mol. The average Bonchev–Trinajstić information content (AvgIpc) is 2.87. The lowest BCUT2D eigenvalue weighted by atomic mass is 10.1. The number of methoxy groups -OCH3 is 1. The van der Waals surface area contributed by atoms with Crippen molar-refractivity contribution >= 4 is 5.91 Å². The highest BCUT2D eigenvalue weighted by Crippen LogP contribution is 2.22. The van der Waals surface area contributed by atoms with Gasteiger partial charge in [-0.2, -0.15) is 0 Å². The molecule has 1 saturated heterocycles. The Morgan fingerprint density at radius 1 is 1.53 bits per heavy atom. The predicted molar refractivity (Wildman–Crippen MR) is 73.5 cm³/mol. The van der Waals surface area contributed by atoms with Crippen molar-refractivity contribution in [1.29, 1.82) is 0 Å². The SMILES string of the molecule is COc1ccc(CN2CCC(C(N)=O)C2)cc1CN. The average molecular weight is 263 g/mol. The molecule has 1 heterocycles. The van der Waals surface area contributed by atoms with Crippen LogP contribution in [-0.4, -0.2) is 31.0 Å². The van der Waals surface area contributed by atoms with Crippen LogP contribution in [0.5, 0.6) is 5.75 Å². The molecule has 0 saturated carbocycles. The largest absolute Gasteiger partial charge is 0.496 e. The summed E-state index contributed by atoms with van der Waals surface area (Å²) < 4.78 is 5.25. The van der Waals surface area contributed by atoms with Gasteiger partial charge in [-0.1, -0.05) is 6.07 Å². The van der Waals surface area contributed by atoms with Crippen molar-refractivity contribution in [3.63, 3.8) is 0 Å². The van der Waals surface area contributed by atoms with E-state index in [4.69, 9.17) is 16.2 Å². The summed E-state index contributed by atoms with van der Waals surface area (Å²) in [5, 5.41) is 0. The van der Waals surface area contributed by atoms with Crippen LogP contribution in [0.4, 0.5) is 0 Å². The topological polar surface area (TPSA) is 81.6 Å². The second-order valence-corrected chi connectivity index (χ2v) is 4.97. The number of ether oxygens (including phenoxy) is 1. The van der Waals surface area contributed by atoms with Gasteiger partial charge in [-0.05, 0) is 30.7 Å². The van der Waals surface area contributed by atoms with Crippen molar-refractivity contribution in [2.75, 3.05) is 20.2 Å². The van der Waals surface area contributed by atoms with Gasteiger partial charge in [0.2, 0.25) is 5.91 Å². The highest BCUT2D eigenvalue weighted by atomic mass is 16.5. The number of carbonyl (C=O) groups excluding carboxylic acids is 1. The molecule has 5 heteroatoms. The van der Waals surface area contributed by atoms with Crippen molar-refractivity contribution in [2.24, 2.45) is 17.4 Å². The number of carbonyl (C=O) groups is 1. The minimum atomic E-state index is -0.195. The Bertz CT molecular complexity index is 462. The lowest BCUT2D eigenvalue weighted by Crippen LogP contribution is -2.27. The smallest absolute Gasteiger partial charge is 0.221 e. The fraction of sp³-hybridized carbons (Fsp3) is 0.500. The Hall–Kier alpha value is -1.59. The van der Waals surface area contributed by atoms with E-state index in [0.29, 0.717) is 6.54 Å². The van der Waals surface area contributed by atoms with E-state index in [2.05, 4.69) is 11.0 Å². The monoisotopic (exact) mass is 263 g/mol. The number of benzene rings is 1. The summed E-state index contributed by atoms with van der Waals surface area (Å²) in [4.78, 5) is 13.4. The molecule has 1 unspecified atom stereocenters. The molecule has 4 N–H and O–H groups in total. The molecule has 1 fully saturated rings. The summed E-state index contributed by atoms with van der Waals surface area (Å²) in [7, 11) is 1.64. The summed E-state index contributed by atoms with van der Waals surface area (Å²) in [6, 6.07) is 6.05. The van der Waals surface area contributed by atoms with E-state index in [1.807, 2.05) is 12.1 Å². The van der Waals surface area contributed by atoms with Crippen LogP contribution in [0.3, 0.4) is 0 Å². The molecule has 1 atom stereocenters. The van der Waals surface area contributed by atoms with Gasteiger partial charge in [-0.3, -0.25) is 9.69 Å². The minimum Gasteiger partial charge on any atom is -0.496 e. The van der Waals surface area contributed by atoms with E-state index in [9.17, 15) is 4.79 Å². The molecule has 1 aliphatic rings. The van der Waals surface area contributed by atoms with E-state index < -0.39 is 0 Å². The van der Waals surface area contributed by atoms with Gasteiger partial charge in [-0.25, -0.2) is 0 Å². The first kappa shape index (κ1) is 13.8. The Balaban J connectivity index is 2.02. The van der Waals surface area contributed by atoms with E-state index in [1.54, 1.807) is 7.11 Å². The van der Waals surface area contributed by atoms with Gasteiger partial charge in [0.25, 0.3) is 0 Å². The summed E-state index contributed by atoms with van der Waals surface area (Å²) in [6.45, 7) is 2.94. The zero-order valence-corrected chi connectivity index (χ0v) is 11.3. The first-order valence-corrected chi connectivity index (χ1v) is 6.51. The number of primary amides is 1. The van der Waals surface area contributed by atoms with Crippen LogP contribution in [0.1, 0.15) is 17.5 Å². The highest BCUT2D eigenvalue weighted by Gasteiger charge is 2.26. The van der Waals surface area contributed by atoms with Crippen LogP contribution >= 0.6 is 0 Å². The second-order valence-electron chi connectivity index (χ2n) is 4.97. The molecule has 2 rings (SSSR count). The highest BCUT2D eigenvalue weighted by molar-refractivity contribution is 5.77. The van der Waals surface area contributed by atoms with Gasteiger partial charge in [0, 0.05) is 25.2 Å². The van der Waals surface area contributed by atoms with Crippen molar-refractivity contribution in [3.8, 4) is 5.75 Å². The van der Waals surface area contributed by atoms with E-state index >= 15 is 0 Å². The van der Waals surface area contributed by atoms with E-state index in [0.717, 1.165) is 37.4 Å². The van der Waals surface area contributed by atoms with Crippen LogP contribution in [0.2, 0.25) is 0 Å². The van der Waals surface area contributed by atoms with Gasteiger partial charge in [-0.15, -0.1) is 0 Å². The molecule has 0 aliphatic carbocycles. The van der Waals surface area contributed by atoms with Crippen molar-refractivity contribution in [1.82, 2.24) is 4.90 Å². The predicted octanol–water partition coefficient (Wildman–Crippen LogP) is 0.461. The summed E-state index contributed by atoms with van der Waals surface area (Å²) in [5.74, 6) is 0.620. The molecule has 0 bridgehead atoms. The van der Waals surface area contributed by atoms with E-state index in [1.165, 1.54) is 5.56 Å². The fourth-order valence-electron chi connectivity index (χ4n) is 2.56. The third-order valence-electron chi connectivity index (χ3n) is 3.65. The zero-order valence-electron chi connectivity index (χ0n) is 11.3. The molecule has 1 aliphatic heterocycles. The van der Waals surface area contributed by atoms with Crippen molar-refractivity contribution < 1.29 is 9.53 Å². The third kappa shape index (κ3) is 3.24. The first-order valence-electron chi connectivity index (χ1n) is 6.51. The molecule has 0 aromatic heterocycles. The number of hydrogen-bond acceptors (Lipinski definition) is 4. The van der Waals surface area contributed by atoms with Gasteiger partial charge < -0.3 is 16.2 Å². The summed E-state index contributed by atoms with van der Waals surface area (Å²) in [6.07, 6.45) is 0.856. The maximum atomic E-state index is 11.1. The van der Waals surface area contributed by atoms with Gasteiger partial charge in [0.15, 0.2) is 0 Å². The number of nitrogens with zero attached hydrogens (tertiary/aromatic N) is 1. The van der Waals surface area contributed by atoms with Gasteiger partial charge in [0.05, 0.1) is 13.0 Å². The number of nitrogens with two attached hydrogens (primary N) is 2. The van der Waals surface area contributed by atoms with Gasteiger partial charge in [0.1, 0.15) is 5.75 Å². The van der Waals surface area contributed by atoms with Crippen LogP contribution in [-0.2, 0) is 17.9 Å². The van der Waals surface area contributed by atoms with Crippen LogP contribution in [0, 0.1) is 5.92 Å². The van der Waals surface area contributed by atoms with Crippen LogP contribution in [0.25, 0.3) is 0 Å². The number of hydrogen-bond donors (Lipinski definition) is 2. The molecule has 0 spiro atoms. The quantitative estimate of drug-likeness (QED) is 0.808. The Kier molecular flexibility index (Phi) is 4.39. The maximum absolute atomic E-state index is 11.1. The molecule has 1 aromatic rings. The third-order valence-corrected chi connectivity index (χ3v) is 3.65. The lowest BCUT2D eigenvalue weighted by Gasteiger charge is -2.16. The van der Waals surface area contributed by atoms with Crippen LogP contribution < -0.4 is 16.2 Å². The van der Waals surface area contributed by atoms with E-state index in [-0.39, 0.29) is 11.8 Å². The van der Waals surface area contributed by atoms with Crippen LogP contribution in [0.15, 0.2) is 18.2 Å². The molecule has 1 amide bonds. The number of likely N-dealkylation sites (tertiary alicyclic amines) is 1. The zero-order chi connectivity index (χ0) is 13.8. The standard InChI is InChI=1S/C14H21N3O2/c1-19-13-3-2-10(6-12(13)7-15)8-17-5-4-11(9-17)14(16)18/h2-3,6,11H,4-5,7-9,15H2,1H3,(H2,16,18). The summed E-state index contributed by atoms with van der Waals surface area (Å²) >= 11 is 0. The Labute approximate surface area is 113 Å². The van der Waals surface area contributed by atoms with Gasteiger partial charge >= 0.3 is 0 Å². The lowest BCUT2D eigenvalue weighted by molar-refractivity contribution is -0.121. The van der Waals surface area contributed by atoms with Crippen molar-refractivity contribution in [3.05, 3.63) is 29.3 Å². The summed E-state index contributed by atoms with van der Waals surface area (Å²) in [5.41, 5.74) is 13.2. The Morgan fingerprint density at radius 3 is 2.89 bits per heavy atom. The second kappa shape index (κ2) is 6.04.